The van der Waals surface area contributed by atoms with Crippen molar-refractivity contribution in [2.24, 2.45) is 5.41 Å². The largest absolute Gasteiger partial charge is 0.487 e. The summed E-state index contributed by atoms with van der Waals surface area (Å²) in [5, 5.41) is 14.5. The molecule has 1 aromatic rings. The van der Waals surface area contributed by atoms with E-state index in [4.69, 9.17) is 4.74 Å². The number of anilines is 1. The van der Waals surface area contributed by atoms with Gasteiger partial charge in [-0.05, 0) is 38.6 Å². The Morgan fingerprint density at radius 1 is 1.38 bits per heavy atom. The van der Waals surface area contributed by atoms with E-state index in [1.165, 1.54) is 0 Å². The molecule has 0 unspecified atom stereocenters. The highest BCUT2D eigenvalue weighted by Crippen LogP contribution is 2.35. The van der Waals surface area contributed by atoms with Crippen LogP contribution < -0.4 is 10.1 Å². The molecule has 0 spiro atoms. The van der Waals surface area contributed by atoms with Crippen molar-refractivity contribution in [2.45, 2.75) is 20.8 Å². The Morgan fingerprint density at radius 2 is 2.05 bits per heavy atom. The summed E-state index contributed by atoms with van der Waals surface area (Å²) in [6.45, 7) is 7.98. The van der Waals surface area contributed by atoms with Crippen LogP contribution in [0, 0.1) is 15.5 Å². The van der Waals surface area contributed by atoms with Crippen molar-refractivity contribution in [1.29, 1.82) is 0 Å². The van der Waals surface area contributed by atoms with Crippen molar-refractivity contribution in [3.63, 3.8) is 0 Å². The van der Waals surface area contributed by atoms with Crippen molar-refractivity contribution in [1.82, 2.24) is 4.90 Å². The summed E-state index contributed by atoms with van der Waals surface area (Å²) in [5.74, 6) is 0.304. The first kappa shape index (κ1) is 17.2. The van der Waals surface area contributed by atoms with E-state index in [9.17, 15) is 10.1 Å². The van der Waals surface area contributed by atoms with Gasteiger partial charge in [-0.3, -0.25) is 10.1 Å². The highest BCUT2D eigenvalue weighted by atomic mass is 16.6. The second kappa shape index (κ2) is 7.26. The van der Waals surface area contributed by atoms with Crippen molar-refractivity contribution >= 4 is 11.4 Å². The summed E-state index contributed by atoms with van der Waals surface area (Å²) in [4.78, 5) is 13.0. The molecule has 0 bridgehead atoms. The lowest BCUT2D eigenvalue weighted by Gasteiger charge is -2.28. The molecule has 1 N–H and O–H groups in total. The first-order valence-corrected chi connectivity index (χ1v) is 7.05. The van der Waals surface area contributed by atoms with E-state index in [0.717, 1.165) is 6.54 Å². The molecule has 1 rings (SSSR count). The van der Waals surface area contributed by atoms with Crippen LogP contribution in [0.15, 0.2) is 18.2 Å². The van der Waals surface area contributed by atoms with Gasteiger partial charge in [0.2, 0.25) is 0 Å². The SMILES string of the molecule is CCOc1cccc(NCC(C)(C)CN(C)C)c1[N+](=O)[O-]. The molecule has 0 saturated heterocycles. The molecule has 0 amide bonds. The van der Waals surface area contributed by atoms with E-state index in [0.29, 0.717) is 24.6 Å². The summed E-state index contributed by atoms with van der Waals surface area (Å²) >= 11 is 0. The number of benzene rings is 1. The van der Waals surface area contributed by atoms with Crippen molar-refractivity contribution < 1.29 is 9.66 Å². The highest BCUT2D eigenvalue weighted by molar-refractivity contribution is 5.68. The third kappa shape index (κ3) is 5.23. The topological polar surface area (TPSA) is 67.6 Å². The molecule has 0 saturated carbocycles. The number of nitro groups is 1. The van der Waals surface area contributed by atoms with Crippen molar-refractivity contribution in [2.75, 3.05) is 39.1 Å². The monoisotopic (exact) mass is 295 g/mol. The van der Waals surface area contributed by atoms with Gasteiger partial charge < -0.3 is 15.0 Å². The average molecular weight is 295 g/mol. The second-order valence-electron chi connectivity index (χ2n) is 6.10. The molecule has 0 aromatic heterocycles. The maximum Gasteiger partial charge on any atom is 0.333 e. The molecular weight excluding hydrogens is 270 g/mol. The second-order valence-corrected chi connectivity index (χ2v) is 6.10. The summed E-state index contributed by atoms with van der Waals surface area (Å²) in [6, 6.07) is 5.10. The van der Waals surface area contributed by atoms with Gasteiger partial charge in [-0.25, -0.2) is 0 Å². The molecule has 0 radical (unpaired) electrons. The zero-order chi connectivity index (χ0) is 16.0. The van der Waals surface area contributed by atoms with Crippen molar-refractivity contribution in [3.8, 4) is 5.75 Å². The fraction of sp³-hybridized carbons (Fsp3) is 0.600. The molecule has 6 heteroatoms. The van der Waals surface area contributed by atoms with Crippen LogP contribution in [0.3, 0.4) is 0 Å². The van der Waals surface area contributed by atoms with E-state index in [1.54, 1.807) is 18.2 Å². The van der Waals surface area contributed by atoms with Crippen LogP contribution in [0.1, 0.15) is 20.8 Å². The zero-order valence-corrected chi connectivity index (χ0v) is 13.5. The van der Waals surface area contributed by atoms with Gasteiger partial charge in [0.25, 0.3) is 0 Å². The third-order valence-corrected chi connectivity index (χ3v) is 2.98. The first-order chi connectivity index (χ1) is 9.76. The number of para-hydroxylation sites is 1. The molecule has 21 heavy (non-hydrogen) atoms. The fourth-order valence-corrected chi connectivity index (χ4v) is 2.37. The van der Waals surface area contributed by atoms with Crippen LogP contribution in [0.25, 0.3) is 0 Å². The molecule has 0 aliphatic rings. The van der Waals surface area contributed by atoms with Crippen LogP contribution in [-0.4, -0.2) is 43.6 Å². The Labute approximate surface area is 126 Å². The van der Waals surface area contributed by atoms with Gasteiger partial charge in [-0.1, -0.05) is 19.9 Å². The van der Waals surface area contributed by atoms with Gasteiger partial charge in [0, 0.05) is 13.1 Å². The molecule has 118 valence electrons. The molecule has 6 nitrogen and oxygen atoms in total. The Hall–Kier alpha value is -1.82. The van der Waals surface area contributed by atoms with Crippen molar-refractivity contribution in [3.05, 3.63) is 28.3 Å². The molecule has 0 fully saturated rings. The van der Waals surface area contributed by atoms with Gasteiger partial charge in [0.05, 0.1) is 11.5 Å². The van der Waals surface area contributed by atoms with Gasteiger partial charge in [-0.15, -0.1) is 0 Å². The Balaban J connectivity index is 2.93. The number of hydrogen-bond donors (Lipinski definition) is 1. The van der Waals surface area contributed by atoms with Gasteiger partial charge in [0.15, 0.2) is 5.75 Å². The molecule has 0 aliphatic carbocycles. The smallest absolute Gasteiger partial charge is 0.333 e. The first-order valence-electron chi connectivity index (χ1n) is 7.05. The van der Waals surface area contributed by atoms with Crippen LogP contribution in [0.2, 0.25) is 0 Å². The summed E-state index contributed by atoms with van der Waals surface area (Å²) in [7, 11) is 4.03. The number of hydrogen-bond acceptors (Lipinski definition) is 5. The lowest BCUT2D eigenvalue weighted by atomic mass is 9.93. The number of nitro benzene ring substituents is 1. The Kier molecular flexibility index (Phi) is 5.96. The van der Waals surface area contributed by atoms with Crippen LogP contribution in [0.4, 0.5) is 11.4 Å². The maximum atomic E-state index is 11.3. The molecule has 0 aliphatic heterocycles. The van der Waals surface area contributed by atoms with Crippen LogP contribution in [0.5, 0.6) is 5.75 Å². The lowest BCUT2D eigenvalue weighted by Crippen LogP contribution is -2.34. The molecule has 0 heterocycles. The van der Waals surface area contributed by atoms with E-state index in [2.05, 4.69) is 24.1 Å². The third-order valence-electron chi connectivity index (χ3n) is 2.98. The van der Waals surface area contributed by atoms with E-state index in [1.807, 2.05) is 21.0 Å². The van der Waals surface area contributed by atoms with Gasteiger partial charge >= 0.3 is 5.69 Å². The average Bonchev–Trinajstić information content (AvgIpc) is 2.35. The number of ether oxygens (including phenoxy) is 1. The minimum Gasteiger partial charge on any atom is -0.487 e. The van der Waals surface area contributed by atoms with Gasteiger partial charge in [0.1, 0.15) is 5.69 Å². The summed E-state index contributed by atoms with van der Waals surface area (Å²) < 4.78 is 5.35. The lowest BCUT2D eigenvalue weighted by molar-refractivity contribution is -0.384. The Bertz CT molecular complexity index is 487. The summed E-state index contributed by atoms with van der Waals surface area (Å²) in [5.41, 5.74) is 0.497. The maximum absolute atomic E-state index is 11.3. The predicted octanol–water partition coefficient (Wildman–Crippen LogP) is 2.99. The summed E-state index contributed by atoms with van der Waals surface area (Å²) in [6.07, 6.45) is 0. The fourth-order valence-electron chi connectivity index (χ4n) is 2.37. The van der Waals surface area contributed by atoms with E-state index < -0.39 is 4.92 Å². The number of rotatable bonds is 8. The van der Waals surface area contributed by atoms with Crippen LogP contribution >= 0.6 is 0 Å². The highest BCUT2D eigenvalue weighted by Gasteiger charge is 2.24. The number of nitrogens with zero attached hydrogens (tertiary/aromatic N) is 2. The van der Waals surface area contributed by atoms with E-state index in [-0.39, 0.29) is 11.1 Å². The minimum atomic E-state index is -0.397. The zero-order valence-electron chi connectivity index (χ0n) is 13.5. The molecule has 1 aromatic carbocycles. The molecular formula is C15H25N3O3. The minimum absolute atomic E-state index is 0.00000283. The van der Waals surface area contributed by atoms with E-state index >= 15 is 0 Å². The predicted molar refractivity (Wildman–Crippen MR) is 85.1 cm³/mol. The standard InChI is InChI=1S/C15H25N3O3/c1-6-21-13-9-7-8-12(14(13)18(19)20)16-10-15(2,3)11-17(4)5/h7-9,16H,6,10-11H2,1-5H3. The normalized spacial score (nSPS) is 11.5. The Morgan fingerprint density at radius 3 is 2.57 bits per heavy atom. The van der Waals surface area contributed by atoms with Gasteiger partial charge in [-0.2, -0.15) is 0 Å². The quantitative estimate of drug-likeness (QED) is 0.590. The molecule has 0 atom stereocenters. The number of nitrogens with one attached hydrogen (secondary N) is 1. The van der Waals surface area contributed by atoms with Crippen LogP contribution in [-0.2, 0) is 0 Å².